The molecule has 0 N–H and O–H groups in total. The summed E-state index contributed by atoms with van der Waals surface area (Å²) in [4.78, 5) is 26.3. The van der Waals surface area contributed by atoms with Gasteiger partial charge in [-0.05, 0) is 55.5 Å². The number of halogens is 2. The molecule has 164 valence electrons. The summed E-state index contributed by atoms with van der Waals surface area (Å²) < 4.78 is 37.2. The third-order valence-electron chi connectivity index (χ3n) is 4.26. The number of esters is 2. The van der Waals surface area contributed by atoms with Gasteiger partial charge in [0.1, 0.15) is 5.75 Å². The van der Waals surface area contributed by atoms with E-state index < -0.39 is 35.4 Å². The molecule has 3 aromatic rings. The zero-order valence-corrected chi connectivity index (χ0v) is 18.1. The second-order valence-corrected chi connectivity index (χ2v) is 8.88. The van der Waals surface area contributed by atoms with Gasteiger partial charge in [0.2, 0.25) is 0 Å². The van der Waals surface area contributed by atoms with E-state index in [9.17, 15) is 18.4 Å². The van der Waals surface area contributed by atoms with Crippen molar-refractivity contribution in [1.82, 2.24) is 0 Å². The minimum absolute atomic E-state index is 0.0330. The summed E-state index contributed by atoms with van der Waals surface area (Å²) in [6.45, 7) is 3.20. The first-order chi connectivity index (χ1) is 15.3. The molecule has 0 aliphatic carbocycles. The van der Waals surface area contributed by atoms with Crippen LogP contribution < -0.4 is 4.74 Å². The van der Waals surface area contributed by atoms with Crippen molar-refractivity contribution < 1.29 is 27.8 Å². The standard InChI is InChI=1S/C25H21F2O4S/c1-18(2)23(28)30-17-25(26,27)24(29)31-19-13-15-22(16-14-19)32(20-9-5-3-6-10-20)21-11-7-4-8-12-21/h3-16H,1,17H2,2H3/q+1. The molecule has 0 saturated heterocycles. The Morgan fingerprint density at radius 1 is 0.844 bits per heavy atom. The molecule has 0 fully saturated rings. The molecule has 7 heteroatoms. The highest BCUT2D eigenvalue weighted by Gasteiger charge is 2.43. The Morgan fingerprint density at radius 3 is 1.78 bits per heavy atom. The molecular formula is C25H21F2O4S+. The lowest BCUT2D eigenvalue weighted by molar-refractivity contribution is -0.173. The zero-order chi connectivity index (χ0) is 23.1. The predicted octanol–water partition coefficient (Wildman–Crippen LogP) is 5.44. The number of alkyl halides is 2. The Labute approximate surface area is 187 Å². The van der Waals surface area contributed by atoms with Gasteiger partial charge in [0.05, 0.1) is 10.9 Å². The van der Waals surface area contributed by atoms with E-state index in [2.05, 4.69) is 11.3 Å². The minimum Gasteiger partial charge on any atom is -0.455 e. The van der Waals surface area contributed by atoms with E-state index in [1.54, 1.807) is 12.1 Å². The molecule has 3 aromatic carbocycles. The Hall–Kier alpha value is -3.45. The molecule has 0 aliphatic heterocycles. The number of carbonyl (C=O) groups excluding carboxylic acids is 2. The molecule has 0 heterocycles. The molecule has 0 spiro atoms. The fourth-order valence-electron chi connectivity index (χ4n) is 2.69. The van der Waals surface area contributed by atoms with E-state index in [0.29, 0.717) is 0 Å². The number of ether oxygens (including phenoxy) is 2. The first-order valence-corrected chi connectivity index (χ1v) is 10.9. The number of carbonyl (C=O) groups is 2. The van der Waals surface area contributed by atoms with E-state index in [0.717, 1.165) is 14.7 Å². The van der Waals surface area contributed by atoms with Crippen molar-refractivity contribution >= 4 is 22.8 Å². The van der Waals surface area contributed by atoms with Crippen molar-refractivity contribution in [3.63, 3.8) is 0 Å². The largest absolute Gasteiger partial charge is 0.455 e. The van der Waals surface area contributed by atoms with Crippen LogP contribution in [-0.4, -0.2) is 24.5 Å². The average molecular weight is 456 g/mol. The zero-order valence-electron chi connectivity index (χ0n) is 17.3. The maximum absolute atomic E-state index is 14.0. The highest BCUT2D eigenvalue weighted by molar-refractivity contribution is 7.97. The molecule has 0 atom stereocenters. The fraction of sp³-hybridized carbons (Fsp3) is 0.120. The van der Waals surface area contributed by atoms with Crippen molar-refractivity contribution in [3.05, 3.63) is 97.1 Å². The Morgan fingerprint density at radius 2 is 1.31 bits per heavy atom. The van der Waals surface area contributed by atoms with Gasteiger partial charge in [-0.25, -0.2) is 9.59 Å². The van der Waals surface area contributed by atoms with Gasteiger partial charge in [-0.1, -0.05) is 43.0 Å². The number of hydrogen-bond donors (Lipinski definition) is 0. The molecule has 0 aliphatic rings. The maximum atomic E-state index is 14.0. The summed E-state index contributed by atoms with van der Waals surface area (Å²) in [6, 6.07) is 26.2. The van der Waals surface area contributed by atoms with Gasteiger partial charge in [0.25, 0.3) is 0 Å². The van der Waals surface area contributed by atoms with E-state index >= 15 is 0 Å². The molecule has 0 unspecified atom stereocenters. The molecule has 0 aromatic heterocycles. The van der Waals surface area contributed by atoms with E-state index in [-0.39, 0.29) is 11.3 Å². The van der Waals surface area contributed by atoms with Gasteiger partial charge in [-0.3, -0.25) is 0 Å². The number of benzene rings is 3. The molecular weight excluding hydrogens is 434 g/mol. The fourth-order valence-corrected chi connectivity index (χ4v) is 4.77. The van der Waals surface area contributed by atoms with Crippen LogP contribution in [0.3, 0.4) is 0 Å². The van der Waals surface area contributed by atoms with E-state index in [1.165, 1.54) is 19.1 Å². The first-order valence-electron chi connectivity index (χ1n) is 9.65. The van der Waals surface area contributed by atoms with Crippen molar-refractivity contribution in [2.24, 2.45) is 0 Å². The van der Waals surface area contributed by atoms with Crippen LogP contribution in [0.4, 0.5) is 8.78 Å². The Bertz CT molecular complexity index is 1040. The van der Waals surface area contributed by atoms with Crippen LogP contribution in [0.25, 0.3) is 0 Å². The normalized spacial score (nSPS) is 11.1. The average Bonchev–Trinajstić information content (AvgIpc) is 2.80. The SMILES string of the molecule is C=C(C)C(=O)OCC(F)(F)C(=O)Oc1ccc([S+](c2ccccc2)c2ccccc2)cc1. The van der Waals surface area contributed by atoms with Gasteiger partial charge in [-0.2, -0.15) is 8.78 Å². The summed E-state index contributed by atoms with van der Waals surface area (Å²) in [6.07, 6.45) is 0. The third-order valence-corrected chi connectivity index (χ3v) is 6.49. The van der Waals surface area contributed by atoms with Gasteiger partial charge in [-0.15, -0.1) is 0 Å². The van der Waals surface area contributed by atoms with Crippen LogP contribution in [0.15, 0.2) is 112 Å². The van der Waals surface area contributed by atoms with Gasteiger partial charge >= 0.3 is 17.9 Å². The van der Waals surface area contributed by atoms with Crippen molar-refractivity contribution in [3.8, 4) is 5.75 Å². The third kappa shape index (κ3) is 5.82. The summed E-state index contributed by atoms with van der Waals surface area (Å²) in [7, 11) is -0.420. The topological polar surface area (TPSA) is 52.6 Å². The lowest BCUT2D eigenvalue weighted by atomic mass is 10.3. The molecule has 0 amide bonds. The van der Waals surface area contributed by atoms with Crippen LogP contribution in [0.2, 0.25) is 0 Å². The summed E-state index contributed by atoms with van der Waals surface area (Å²) >= 11 is 0. The van der Waals surface area contributed by atoms with Gasteiger partial charge < -0.3 is 9.47 Å². The molecule has 3 rings (SSSR count). The second kappa shape index (κ2) is 10.2. The minimum atomic E-state index is -3.98. The smallest absolute Gasteiger partial charge is 0.386 e. The van der Waals surface area contributed by atoms with Crippen LogP contribution >= 0.6 is 0 Å². The lowest BCUT2D eigenvalue weighted by Crippen LogP contribution is -2.38. The Balaban J connectivity index is 1.76. The lowest BCUT2D eigenvalue weighted by Gasteiger charge is -2.15. The van der Waals surface area contributed by atoms with E-state index in [4.69, 9.17) is 4.74 Å². The van der Waals surface area contributed by atoms with Crippen LogP contribution in [0.5, 0.6) is 5.75 Å². The van der Waals surface area contributed by atoms with Gasteiger partial charge in [0, 0.05) is 5.57 Å². The van der Waals surface area contributed by atoms with Crippen LogP contribution in [0, 0.1) is 0 Å². The van der Waals surface area contributed by atoms with E-state index in [1.807, 2.05) is 60.7 Å². The highest BCUT2D eigenvalue weighted by atomic mass is 32.2. The van der Waals surface area contributed by atoms with Crippen LogP contribution in [0.1, 0.15) is 6.92 Å². The quantitative estimate of drug-likeness (QED) is 0.196. The van der Waals surface area contributed by atoms with Crippen molar-refractivity contribution in [2.45, 2.75) is 27.5 Å². The number of rotatable bonds is 8. The summed E-state index contributed by atoms with van der Waals surface area (Å²) in [5.74, 6) is -6.82. The Kier molecular flexibility index (Phi) is 7.43. The maximum Gasteiger partial charge on any atom is 0.386 e. The predicted molar refractivity (Wildman–Crippen MR) is 118 cm³/mol. The molecule has 32 heavy (non-hydrogen) atoms. The van der Waals surface area contributed by atoms with Crippen molar-refractivity contribution in [2.75, 3.05) is 6.61 Å². The summed E-state index contributed by atoms with van der Waals surface area (Å²) in [5, 5.41) is 0. The monoisotopic (exact) mass is 455 g/mol. The second-order valence-electron chi connectivity index (χ2n) is 6.85. The highest BCUT2D eigenvalue weighted by Crippen LogP contribution is 2.32. The van der Waals surface area contributed by atoms with Crippen LogP contribution in [-0.2, 0) is 25.2 Å². The molecule has 0 bridgehead atoms. The summed E-state index contributed by atoms with van der Waals surface area (Å²) in [5.41, 5.74) is -0.0445. The molecule has 0 saturated carbocycles. The van der Waals surface area contributed by atoms with Crippen molar-refractivity contribution in [1.29, 1.82) is 0 Å². The first kappa shape index (κ1) is 23.2. The molecule has 0 radical (unpaired) electrons. The van der Waals surface area contributed by atoms with Gasteiger partial charge in [0.15, 0.2) is 21.3 Å². The molecule has 4 nitrogen and oxygen atoms in total. The number of hydrogen-bond acceptors (Lipinski definition) is 4.